The van der Waals surface area contributed by atoms with Crippen molar-refractivity contribution in [3.63, 3.8) is 0 Å². The molecule has 0 fully saturated rings. The Morgan fingerprint density at radius 3 is 2.22 bits per heavy atom. The first-order chi connectivity index (χ1) is 12.6. The van der Waals surface area contributed by atoms with Crippen molar-refractivity contribution >= 4 is 15.7 Å². The summed E-state index contributed by atoms with van der Waals surface area (Å²) in [6.45, 7) is 7.90. The Morgan fingerprint density at radius 2 is 1.63 bits per heavy atom. The molecule has 0 aliphatic heterocycles. The molecule has 0 saturated carbocycles. The van der Waals surface area contributed by atoms with E-state index < -0.39 is 15.6 Å². The second kappa shape index (κ2) is 8.19. The van der Waals surface area contributed by atoms with Crippen LogP contribution in [0.3, 0.4) is 0 Å². The first-order valence-corrected chi connectivity index (χ1v) is 10.1. The van der Waals surface area contributed by atoms with E-state index in [0.29, 0.717) is 18.0 Å². The predicted molar refractivity (Wildman–Crippen MR) is 108 cm³/mol. The van der Waals surface area contributed by atoms with Crippen molar-refractivity contribution in [2.75, 3.05) is 19.5 Å². The molecule has 0 atom stereocenters. The highest BCUT2D eigenvalue weighted by molar-refractivity contribution is 7.89. The van der Waals surface area contributed by atoms with Gasteiger partial charge in [-0.2, -0.15) is 0 Å². The van der Waals surface area contributed by atoms with Gasteiger partial charge in [0.25, 0.3) is 0 Å². The van der Waals surface area contributed by atoms with Gasteiger partial charge in [-0.15, -0.1) is 0 Å². The molecule has 0 aliphatic rings. The number of nitrogens with one attached hydrogen (secondary N) is 2. The summed E-state index contributed by atoms with van der Waals surface area (Å²) in [4.78, 5) is 0.183. The molecule has 0 bridgehead atoms. The molecule has 0 unspecified atom stereocenters. The number of ether oxygens (including phenoxy) is 2. The maximum atomic E-state index is 12.6. The molecular weight excluding hydrogens is 364 g/mol. The topological polar surface area (TPSA) is 76.7 Å². The van der Waals surface area contributed by atoms with Crippen LogP contribution in [-0.2, 0) is 16.6 Å². The minimum atomic E-state index is -3.63. The highest BCUT2D eigenvalue weighted by Gasteiger charge is 2.23. The lowest BCUT2D eigenvalue weighted by Gasteiger charge is -2.21. The molecule has 2 aromatic rings. The summed E-state index contributed by atoms with van der Waals surface area (Å²) in [5.41, 5.74) is 2.11. The molecule has 0 spiro atoms. The number of aryl methyl sites for hydroxylation is 1. The quantitative estimate of drug-likeness (QED) is 0.751. The lowest BCUT2D eigenvalue weighted by molar-refractivity contribution is 0.411. The van der Waals surface area contributed by atoms with E-state index in [2.05, 4.69) is 10.0 Å². The molecule has 7 heteroatoms. The van der Waals surface area contributed by atoms with Gasteiger partial charge < -0.3 is 14.8 Å². The van der Waals surface area contributed by atoms with Gasteiger partial charge in [-0.25, -0.2) is 13.1 Å². The van der Waals surface area contributed by atoms with E-state index in [1.54, 1.807) is 47.1 Å². The van der Waals surface area contributed by atoms with Gasteiger partial charge >= 0.3 is 0 Å². The Morgan fingerprint density at radius 1 is 0.963 bits per heavy atom. The third-order valence-corrected chi connectivity index (χ3v) is 5.63. The molecule has 0 heterocycles. The number of benzene rings is 2. The van der Waals surface area contributed by atoms with Gasteiger partial charge in [-0.1, -0.05) is 12.1 Å². The van der Waals surface area contributed by atoms with Gasteiger partial charge in [0, 0.05) is 12.1 Å². The van der Waals surface area contributed by atoms with E-state index in [1.165, 1.54) is 6.07 Å². The van der Waals surface area contributed by atoms with Gasteiger partial charge in [0.05, 0.1) is 24.8 Å². The monoisotopic (exact) mass is 392 g/mol. The van der Waals surface area contributed by atoms with Crippen molar-refractivity contribution in [2.24, 2.45) is 0 Å². The highest BCUT2D eigenvalue weighted by atomic mass is 32.2. The molecule has 0 aliphatic carbocycles. The third kappa shape index (κ3) is 5.61. The fraction of sp³-hybridized carbons (Fsp3) is 0.400. The maximum Gasteiger partial charge on any atom is 0.241 e. The smallest absolute Gasteiger partial charge is 0.241 e. The van der Waals surface area contributed by atoms with Crippen molar-refractivity contribution in [3.8, 4) is 11.5 Å². The summed E-state index contributed by atoms with van der Waals surface area (Å²) < 4.78 is 38.6. The SMILES string of the molecule is COc1cc(CNc2cc(S(=O)(=O)NC(C)(C)C)ccc2OC)ccc1C. The fourth-order valence-corrected chi connectivity index (χ4v) is 4.07. The van der Waals surface area contributed by atoms with Gasteiger partial charge in [0.15, 0.2) is 0 Å². The number of rotatable bonds is 7. The van der Waals surface area contributed by atoms with Gasteiger partial charge in [-0.05, 0) is 63.1 Å². The van der Waals surface area contributed by atoms with E-state index in [0.717, 1.165) is 16.9 Å². The second-order valence-corrected chi connectivity index (χ2v) is 9.06. The maximum absolute atomic E-state index is 12.6. The zero-order valence-electron chi connectivity index (χ0n) is 16.7. The van der Waals surface area contributed by atoms with Crippen LogP contribution >= 0.6 is 0 Å². The van der Waals surface area contributed by atoms with Crippen LogP contribution < -0.4 is 19.5 Å². The average Bonchev–Trinajstić information content (AvgIpc) is 2.58. The van der Waals surface area contributed by atoms with E-state index in [9.17, 15) is 8.42 Å². The molecule has 2 N–H and O–H groups in total. The number of sulfonamides is 1. The summed E-state index contributed by atoms with van der Waals surface area (Å²) in [7, 11) is -0.440. The Labute approximate surface area is 161 Å². The Balaban J connectivity index is 2.28. The zero-order chi connectivity index (χ0) is 20.2. The number of hydrogen-bond acceptors (Lipinski definition) is 5. The number of anilines is 1. The summed E-state index contributed by atoms with van der Waals surface area (Å²) in [6, 6.07) is 10.7. The molecule has 0 saturated heterocycles. The summed E-state index contributed by atoms with van der Waals surface area (Å²) >= 11 is 0. The van der Waals surface area contributed by atoms with Crippen molar-refractivity contribution in [1.82, 2.24) is 4.72 Å². The molecule has 2 aromatic carbocycles. The van der Waals surface area contributed by atoms with Gasteiger partial charge in [0.2, 0.25) is 10.0 Å². The van der Waals surface area contributed by atoms with E-state index in [-0.39, 0.29) is 4.90 Å². The highest BCUT2D eigenvalue weighted by Crippen LogP contribution is 2.29. The van der Waals surface area contributed by atoms with Crippen LogP contribution in [0, 0.1) is 6.92 Å². The van der Waals surface area contributed by atoms with Crippen LogP contribution in [0.1, 0.15) is 31.9 Å². The molecule has 0 radical (unpaired) electrons. The zero-order valence-corrected chi connectivity index (χ0v) is 17.5. The molecule has 0 aromatic heterocycles. The van der Waals surface area contributed by atoms with E-state index in [4.69, 9.17) is 9.47 Å². The summed E-state index contributed by atoms with van der Waals surface area (Å²) in [5.74, 6) is 1.38. The van der Waals surface area contributed by atoms with Crippen LogP contribution in [0.25, 0.3) is 0 Å². The normalized spacial score (nSPS) is 11.9. The minimum Gasteiger partial charge on any atom is -0.496 e. The Kier molecular flexibility index (Phi) is 6.38. The predicted octanol–water partition coefficient (Wildman–Crippen LogP) is 3.70. The largest absolute Gasteiger partial charge is 0.496 e. The summed E-state index contributed by atoms with van der Waals surface area (Å²) in [5, 5.41) is 3.25. The molecule has 148 valence electrons. The standard InChI is InChI=1S/C20H28N2O4S/c1-14-7-8-15(11-19(14)26-6)13-21-17-12-16(9-10-18(17)25-5)27(23,24)22-20(2,3)4/h7-12,21-22H,13H2,1-6H3. The van der Waals surface area contributed by atoms with Crippen LogP contribution in [0.4, 0.5) is 5.69 Å². The molecule has 27 heavy (non-hydrogen) atoms. The van der Waals surface area contributed by atoms with Gasteiger partial charge in [-0.3, -0.25) is 0 Å². The minimum absolute atomic E-state index is 0.183. The van der Waals surface area contributed by atoms with Crippen LogP contribution in [0.15, 0.2) is 41.3 Å². The molecule has 2 rings (SSSR count). The van der Waals surface area contributed by atoms with Crippen molar-refractivity contribution < 1.29 is 17.9 Å². The van der Waals surface area contributed by atoms with Crippen LogP contribution in [0.5, 0.6) is 11.5 Å². The number of methoxy groups -OCH3 is 2. The summed E-state index contributed by atoms with van der Waals surface area (Å²) in [6.07, 6.45) is 0. The Hall–Kier alpha value is -2.25. The van der Waals surface area contributed by atoms with Crippen LogP contribution in [-0.4, -0.2) is 28.2 Å². The van der Waals surface area contributed by atoms with Gasteiger partial charge in [0.1, 0.15) is 11.5 Å². The Bertz CT molecular complexity index is 903. The third-order valence-electron chi connectivity index (χ3n) is 3.88. The van der Waals surface area contributed by atoms with Crippen LogP contribution in [0.2, 0.25) is 0 Å². The van der Waals surface area contributed by atoms with E-state index >= 15 is 0 Å². The molecular formula is C20H28N2O4S. The first kappa shape index (κ1) is 21.1. The van der Waals surface area contributed by atoms with E-state index in [1.807, 2.05) is 25.1 Å². The van der Waals surface area contributed by atoms with Crippen molar-refractivity contribution in [2.45, 2.75) is 44.7 Å². The number of hydrogen-bond donors (Lipinski definition) is 2. The molecule has 0 amide bonds. The average molecular weight is 393 g/mol. The lowest BCUT2D eigenvalue weighted by atomic mass is 10.1. The fourth-order valence-electron chi connectivity index (χ4n) is 2.63. The lowest BCUT2D eigenvalue weighted by Crippen LogP contribution is -2.40. The van der Waals surface area contributed by atoms with Crippen molar-refractivity contribution in [1.29, 1.82) is 0 Å². The second-order valence-electron chi connectivity index (χ2n) is 7.38. The first-order valence-electron chi connectivity index (χ1n) is 8.65. The molecule has 6 nitrogen and oxygen atoms in total. The van der Waals surface area contributed by atoms with Crippen molar-refractivity contribution in [3.05, 3.63) is 47.5 Å².